The topological polar surface area (TPSA) is 99.8 Å². The number of nitrogens with one attached hydrogen (secondary N) is 1. The summed E-state index contributed by atoms with van der Waals surface area (Å²) >= 11 is 0. The van der Waals surface area contributed by atoms with Crippen LogP contribution in [0.3, 0.4) is 0 Å². The number of H-pyrrole nitrogens is 1. The van der Waals surface area contributed by atoms with Gasteiger partial charge in [0.25, 0.3) is 5.56 Å². The summed E-state index contributed by atoms with van der Waals surface area (Å²) in [5, 5.41) is 20.2. The molecule has 0 atom stereocenters. The highest BCUT2D eigenvalue weighted by molar-refractivity contribution is 5.87. The number of rotatable bonds is 5. The van der Waals surface area contributed by atoms with Gasteiger partial charge in [-0.2, -0.15) is 5.11 Å². The lowest BCUT2D eigenvalue weighted by Crippen LogP contribution is -2.13. The minimum Gasteiger partial charge on any atom is -0.478 e. The van der Waals surface area contributed by atoms with Gasteiger partial charge in [0, 0.05) is 5.56 Å². The molecule has 148 valence electrons. The van der Waals surface area contributed by atoms with E-state index in [0.717, 1.165) is 0 Å². The number of carboxylic acids is 1. The molecular formula is C22H15FN4O3. The Bertz CT molecular complexity index is 1270. The number of hydrogen-bond acceptors (Lipinski definition) is 4. The molecule has 4 aromatic rings. The van der Waals surface area contributed by atoms with Crippen LogP contribution in [0.4, 0.5) is 15.8 Å². The minimum atomic E-state index is -1.05. The second kappa shape index (κ2) is 7.96. The molecular weight excluding hydrogens is 387 g/mol. The van der Waals surface area contributed by atoms with Crippen molar-refractivity contribution in [1.82, 2.24) is 9.78 Å². The number of azo groups is 1. The van der Waals surface area contributed by atoms with Gasteiger partial charge in [-0.25, -0.2) is 13.9 Å². The van der Waals surface area contributed by atoms with Gasteiger partial charge in [0.1, 0.15) is 5.82 Å². The van der Waals surface area contributed by atoms with Crippen LogP contribution < -0.4 is 5.56 Å². The van der Waals surface area contributed by atoms with E-state index in [4.69, 9.17) is 5.11 Å². The highest BCUT2D eigenvalue weighted by Crippen LogP contribution is 2.28. The molecule has 0 amide bonds. The minimum absolute atomic E-state index is 0.0489. The van der Waals surface area contributed by atoms with Crippen LogP contribution in [-0.2, 0) is 0 Å². The molecule has 0 fully saturated rings. The van der Waals surface area contributed by atoms with Gasteiger partial charge in [-0.15, -0.1) is 5.11 Å². The van der Waals surface area contributed by atoms with Crippen LogP contribution in [0.2, 0.25) is 0 Å². The zero-order valence-corrected chi connectivity index (χ0v) is 15.5. The first-order valence-electron chi connectivity index (χ1n) is 8.94. The standard InChI is InChI=1S/C22H15FN4O3/c23-16-10-6-14(7-11-16)19-20(21(28)27(26-19)18-4-2-1-3-5-18)25-24-17-12-8-15(9-13-17)22(29)30/h1-13,26H,(H,29,30). The number of benzene rings is 3. The molecule has 2 N–H and O–H groups in total. The van der Waals surface area contributed by atoms with E-state index in [-0.39, 0.29) is 11.3 Å². The van der Waals surface area contributed by atoms with Crippen molar-refractivity contribution in [1.29, 1.82) is 0 Å². The van der Waals surface area contributed by atoms with Crippen molar-refractivity contribution in [3.8, 4) is 16.9 Å². The molecule has 0 unspecified atom stereocenters. The van der Waals surface area contributed by atoms with Crippen LogP contribution in [0.25, 0.3) is 16.9 Å². The van der Waals surface area contributed by atoms with Crippen molar-refractivity contribution in [2.75, 3.05) is 0 Å². The molecule has 0 saturated carbocycles. The number of aromatic nitrogens is 2. The van der Waals surface area contributed by atoms with Crippen LogP contribution in [0.5, 0.6) is 0 Å². The number of hydrogen-bond donors (Lipinski definition) is 2. The van der Waals surface area contributed by atoms with E-state index in [1.807, 2.05) is 6.07 Å². The molecule has 0 aliphatic carbocycles. The first kappa shape index (κ1) is 19.0. The van der Waals surface area contributed by atoms with E-state index in [0.29, 0.717) is 22.6 Å². The highest BCUT2D eigenvalue weighted by atomic mass is 19.1. The van der Waals surface area contributed by atoms with Gasteiger partial charge in [-0.3, -0.25) is 9.89 Å². The molecule has 1 aromatic heterocycles. The first-order valence-corrected chi connectivity index (χ1v) is 8.94. The van der Waals surface area contributed by atoms with Crippen molar-refractivity contribution in [3.63, 3.8) is 0 Å². The van der Waals surface area contributed by atoms with E-state index in [1.165, 1.54) is 53.2 Å². The number of aromatic amines is 1. The van der Waals surface area contributed by atoms with E-state index < -0.39 is 17.3 Å². The largest absolute Gasteiger partial charge is 0.478 e. The fraction of sp³-hybridized carbons (Fsp3) is 0. The third-order valence-electron chi connectivity index (χ3n) is 4.39. The average molecular weight is 402 g/mol. The Morgan fingerprint density at radius 1 is 0.900 bits per heavy atom. The van der Waals surface area contributed by atoms with Gasteiger partial charge in [0.2, 0.25) is 0 Å². The maximum Gasteiger partial charge on any atom is 0.335 e. The third-order valence-corrected chi connectivity index (χ3v) is 4.39. The smallest absolute Gasteiger partial charge is 0.335 e. The summed E-state index contributed by atoms with van der Waals surface area (Å²) in [6.07, 6.45) is 0. The maximum absolute atomic E-state index is 13.4. The predicted octanol–water partition coefficient (Wildman–Crippen LogP) is 5.09. The molecule has 30 heavy (non-hydrogen) atoms. The second-order valence-electron chi connectivity index (χ2n) is 6.37. The molecule has 0 aliphatic heterocycles. The van der Waals surface area contributed by atoms with E-state index in [1.54, 1.807) is 24.3 Å². The Balaban J connectivity index is 1.80. The van der Waals surface area contributed by atoms with E-state index in [9.17, 15) is 14.0 Å². The Kier molecular flexibility index (Phi) is 5.04. The molecule has 0 spiro atoms. The maximum atomic E-state index is 13.4. The predicted molar refractivity (Wildman–Crippen MR) is 109 cm³/mol. The number of para-hydroxylation sites is 1. The van der Waals surface area contributed by atoms with Gasteiger partial charge in [0.05, 0.1) is 22.6 Å². The fourth-order valence-corrected chi connectivity index (χ4v) is 2.88. The lowest BCUT2D eigenvalue weighted by atomic mass is 10.1. The molecule has 0 saturated heterocycles. The summed E-state index contributed by atoms with van der Waals surface area (Å²) in [4.78, 5) is 24.0. The number of carboxylic acid groups (broad SMARTS) is 1. The molecule has 0 radical (unpaired) electrons. The monoisotopic (exact) mass is 402 g/mol. The molecule has 0 bridgehead atoms. The molecule has 7 nitrogen and oxygen atoms in total. The SMILES string of the molecule is O=C(O)c1ccc(N=Nc2c(-c3ccc(F)cc3)[nH]n(-c3ccccc3)c2=O)cc1. The third kappa shape index (κ3) is 3.79. The number of halogens is 1. The number of aromatic carboxylic acids is 1. The molecule has 8 heteroatoms. The zero-order chi connectivity index (χ0) is 21.1. The Morgan fingerprint density at radius 2 is 1.57 bits per heavy atom. The highest BCUT2D eigenvalue weighted by Gasteiger charge is 2.17. The van der Waals surface area contributed by atoms with Crippen LogP contribution in [0.15, 0.2) is 93.9 Å². The van der Waals surface area contributed by atoms with E-state index in [2.05, 4.69) is 15.3 Å². The summed E-state index contributed by atoms with van der Waals surface area (Å²) in [5.74, 6) is -1.45. The molecule has 1 heterocycles. The lowest BCUT2D eigenvalue weighted by molar-refractivity contribution is 0.0697. The van der Waals surface area contributed by atoms with E-state index >= 15 is 0 Å². The average Bonchev–Trinajstić information content (AvgIpc) is 3.10. The zero-order valence-electron chi connectivity index (χ0n) is 15.5. The fourth-order valence-electron chi connectivity index (χ4n) is 2.88. The van der Waals surface area contributed by atoms with Crippen LogP contribution in [-0.4, -0.2) is 20.9 Å². The lowest BCUT2D eigenvalue weighted by Gasteiger charge is -2.01. The van der Waals surface area contributed by atoms with Crippen molar-refractivity contribution in [2.24, 2.45) is 10.2 Å². The van der Waals surface area contributed by atoms with Crippen LogP contribution >= 0.6 is 0 Å². The summed E-state index contributed by atoms with van der Waals surface area (Å²) in [6.45, 7) is 0. The van der Waals surface area contributed by atoms with Crippen molar-refractivity contribution >= 4 is 17.3 Å². The Labute approximate surface area is 169 Å². The summed E-state index contributed by atoms with van der Waals surface area (Å²) in [7, 11) is 0. The first-order chi connectivity index (χ1) is 14.5. The van der Waals surface area contributed by atoms with Crippen LogP contribution in [0, 0.1) is 5.82 Å². The number of nitrogens with zero attached hydrogens (tertiary/aromatic N) is 3. The summed E-state index contributed by atoms with van der Waals surface area (Å²) in [5.41, 5.74) is 1.69. The van der Waals surface area contributed by atoms with Gasteiger partial charge in [-0.1, -0.05) is 18.2 Å². The van der Waals surface area contributed by atoms with Crippen LogP contribution in [0.1, 0.15) is 10.4 Å². The van der Waals surface area contributed by atoms with Gasteiger partial charge in [0.15, 0.2) is 5.69 Å². The Morgan fingerprint density at radius 3 is 2.20 bits per heavy atom. The second-order valence-corrected chi connectivity index (χ2v) is 6.37. The number of carbonyl (C=O) groups is 1. The molecule has 4 rings (SSSR count). The Hall–Kier alpha value is -4.33. The summed E-state index contributed by atoms with van der Waals surface area (Å²) in [6, 6.07) is 20.4. The van der Waals surface area contributed by atoms with Crippen molar-refractivity contribution < 1.29 is 14.3 Å². The van der Waals surface area contributed by atoms with Gasteiger partial charge >= 0.3 is 5.97 Å². The van der Waals surface area contributed by atoms with Crippen molar-refractivity contribution in [3.05, 3.63) is 101 Å². The molecule has 0 aliphatic rings. The summed E-state index contributed by atoms with van der Waals surface area (Å²) < 4.78 is 14.7. The van der Waals surface area contributed by atoms with Crippen molar-refractivity contribution in [2.45, 2.75) is 0 Å². The van der Waals surface area contributed by atoms with Gasteiger partial charge in [-0.05, 0) is 60.7 Å². The quantitative estimate of drug-likeness (QED) is 0.455. The normalized spacial score (nSPS) is 11.1. The molecule has 3 aromatic carbocycles. The van der Waals surface area contributed by atoms with Gasteiger partial charge < -0.3 is 5.11 Å².